The molecule has 1 aromatic rings. The number of rotatable bonds is 4. The number of carbonyl (C=O) groups is 3. The molecule has 2 aliphatic heterocycles. The van der Waals surface area contributed by atoms with Crippen LogP contribution in [-0.4, -0.2) is 85.5 Å². The minimum Gasteiger partial charge on any atom is -0.497 e. The molecule has 8 heteroatoms. The van der Waals surface area contributed by atoms with Gasteiger partial charge in [0.25, 0.3) is 0 Å². The molecule has 164 valence electrons. The van der Waals surface area contributed by atoms with Crippen molar-refractivity contribution in [2.45, 2.75) is 32.7 Å². The third-order valence-corrected chi connectivity index (χ3v) is 5.76. The summed E-state index contributed by atoms with van der Waals surface area (Å²) < 4.78 is 5.25. The molecule has 1 N–H and O–H groups in total. The van der Waals surface area contributed by atoms with Crippen molar-refractivity contribution in [2.75, 3.05) is 46.9 Å². The van der Waals surface area contributed by atoms with E-state index in [1.54, 1.807) is 24.0 Å². The van der Waals surface area contributed by atoms with Gasteiger partial charge in [-0.3, -0.25) is 9.59 Å². The first-order chi connectivity index (χ1) is 14.2. The summed E-state index contributed by atoms with van der Waals surface area (Å²) in [7, 11) is 3.38. The molecule has 0 saturated carbocycles. The van der Waals surface area contributed by atoms with Crippen molar-refractivity contribution in [1.82, 2.24) is 20.0 Å². The standard InChI is InChI=1S/C22H32N4O4/c1-16(2)23-21(29)26-9-8-25(14-22(15-26)12-20(28)24(3)13-22)19(27)11-17-6-5-7-18(10-17)30-4/h5-7,10,16H,8-9,11-15H2,1-4H3,(H,23,29)/t22-/m0/s1. The highest BCUT2D eigenvalue weighted by atomic mass is 16.5. The minimum atomic E-state index is -0.444. The quantitative estimate of drug-likeness (QED) is 0.803. The lowest BCUT2D eigenvalue weighted by Gasteiger charge is -2.33. The lowest BCUT2D eigenvalue weighted by atomic mass is 9.86. The van der Waals surface area contributed by atoms with Crippen LogP contribution in [0.3, 0.4) is 0 Å². The van der Waals surface area contributed by atoms with Gasteiger partial charge in [0.1, 0.15) is 5.75 Å². The largest absolute Gasteiger partial charge is 0.497 e. The van der Waals surface area contributed by atoms with Crippen LogP contribution in [0.15, 0.2) is 24.3 Å². The summed E-state index contributed by atoms with van der Waals surface area (Å²) in [5, 5.41) is 2.94. The fourth-order valence-electron chi connectivity index (χ4n) is 4.37. The predicted molar refractivity (Wildman–Crippen MR) is 113 cm³/mol. The van der Waals surface area contributed by atoms with E-state index in [9.17, 15) is 14.4 Å². The Hall–Kier alpha value is -2.77. The van der Waals surface area contributed by atoms with Gasteiger partial charge < -0.3 is 24.8 Å². The van der Waals surface area contributed by atoms with Gasteiger partial charge in [0, 0.05) is 57.6 Å². The second-order valence-electron chi connectivity index (χ2n) is 8.80. The molecule has 0 aliphatic carbocycles. The molecule has 4 amide bonds. The molecule has 2 saturated heterocycles. The van der Waals surface area contributed by atoms with Gasteiger partial charge in [0.2, 0.25) is 11.8 Å². The van der Waals surface area contributed by atoms with E-state index < -0.39 is 5.41 Å². The highest BCUT2D eigenvalue weighted by Crippen LogP contribution is 2.34. The molecule has 0 unspecified atom stereocenters. The first-order valence-electron chi connectivity index (χ1n) is 10.4. The Kier molecular flexibility index (Phi) is 6.53. The molecule has 1 aromatic carbocycles. The third-order valence-electron chi connectivity index (χ3n) is 5.76. The number of hydrogen-bond acceptors (Lipinski definition) is 4. The van der Waals surface area contributed by atoms with Crippen LogP contribution in [0.25, 0.3) is 0 Å². The molecule has 0 bridgehead atoms. The minimum absolute atomic E-state index is 0.00394. The highest BCUT2D eigenvalue weighted by Gasteiger charge is 2.47. The second-order valence-corrected chi connectivity index (χ2v) is 8.80. The maximum absolute atomic E-state index is 13.1. The number of amides is 4. The van der Waals surface area contributed by atoms with Crippen LogP contribution in [0.1, 0.15) is 25.8 Å². The van der Waals surface area contributed by atoms with E-state index in [1.165, 1.54) is 0 Å². The molecule has 0 radical (unpaired) electrons. The van der Waals surface area contributed by atoms with Gasteiger partial charge in [0.05, 0.1) is 13.5 Å². The first-order valence-corrected chi connectivity index (χ1v) is 10.4. The Morgan fingerprint density at radius 1 is 1.17 bits per heavy atom. The first kappa shape index (κ1) is 21.9. The summed E-state index contributed by atoms with van der Waals surface area (Å²) in [6.07, 6.45) is 0.604. The van der Waals surface area contributed by atoms with Gasteiger partial charge in [-0.15, -0.1) is 0 Å². The number of carbonyl (C=O) groups excluding carboxylic acids is 3. The zero-order valence-electron chi connectivity index (χ0n) is 18.3. The number of ether oxygens (including phenoxy) is 1. The molecule has 2 heterocycles. The van der Waals surface area contributed by atoms with Crippen LogP contribution in [0.2, 0.25) is 0 Å². The van der Waals surface area contributed by atoms with E-state index in [-0.39, 0.29) is 30.3 Å². The highest BCUT2D eigenvalue weighted by molar-refractivity contribution is 5.82. The van der Waals surface area contributed by atoms with Gasteiger partial charge in [-0.25, -0.2) is 4.79 Å². The number of nitrogens with one attached hydrogen (secondary N) is 1. The van der Waals surface area contributed by atoms with Crippen molar-refractivity contribution in [3.8, 4) is 5.75 Å². The Bertz CT molecular complexity index is 812. The Morgan fingerprint density at radius 2 is 1.87 bits per heavy atom. The van der Waals surface area contributed by atoms with Gasteiger partial charge in [0.15, 0.2) is 0 Å². The van der Waals surface area contributed by atoms with Gasteiger partial charge in [-0.1, -0.05) is 12.1 Å². The van der Waals surface area contributed by atoms with Crippen molar-refractivity contribution < 1.29 is 19.1 Å². The van der Waals surface area contributed by atoms with Crippen molar-refractivity contribution in [2.24, 2.45) is 5.41 Å². The van der Waals surface area contributed by atoms with Gasteiger partial charge in [-0.05, 0) is 31.5 Å². The van der Waals surface area contributed by atoms with Crippen LogP contribution in [0, 0.1) is 5.41 Å². The zero-order chi connectivity index (χ0) is 21.9. The summed E-state index contributed by atoms with van der Waals surface area (Å²) in [6.45, 7) is 6.21. The molecular formula is C22H32N4O4. The molecular weight excluding hydrogens is 384 g/mol. The zero-order valence-corrected chi connectivity index (χ0v) is 18.3. The topological polar surface area (TPSA) is 82.2 Å². The monoisotopic (exact) mass is 416 g/mol. The van der Waals surface area contributed by atoms with Crippen molar-refractivity contribution in [3.63, 3.8) is 0 Å². The molecule has 1 atom stereocenters. The summed E-state index contributed by atoms with van der Waals surface area (Å²) in [5.74, 6) is 0.768. The summed E-state index contributed by atoms with van der Waals surface area (Å²) in [6, 6.07) is 7.36. The second kappa shape index (κ2) is 8.93. The smallest absolute Gasteiger partial charge is 0.317 e. The lowest BCUT2D eigenvalue weighted by Crippen LogP contribution is -2.49. The van der Waals surface area contributed by atoms with E-state index in [2.05, 4.69) is 5.32 Å². The molecule has 30 heavy (non-hydrogen) atoms. The molecule has 2 aliphatic rings. The molecule has 8 nitrogen and oxygen atoms in total. The Morgan fingerprint density at radius 3 is 2.50 bits per heavy atom. The van der Waals surface area contributed by atoms with Crippen LogP contribution in [0.4, 0.5) is 4.79 Å². The predicted octanol–water partition coefficient (Wildman–Crippen LogP) is 1.35. The van der Waals surface area contributed by atoms with E-state index in [4.69, 9.17) is 4.74 Å². The SMILES string of the molecule is COc1cccc(CC(=O)N2CCN(C(=O)NC(C)C)C[C@]3(CC(=O)N(C)C3)C2)c1. The van der Waals surface area contributed by atoms with Crippen LogP contribution >= 0.6 is 0 Å². The molecule has 1 spiro atoms. The van der Waals surface area contributed by atoms with E-state index in [1.807, 2.05) is 43.0 Å². The third kappa shape index (κ3) is 5.04. The number of likely N-dealkylation sites (tertiary alicyclic amines) is 1. The van der Waals surface area contributed by atoms with Gasteiger partial charge in [-0.2, -0.15) is 0 Å². The van der Waals surface area contributed by atoms with E-state index in [0.717, 1.165) is 5.56 Å². The summed E-state index contributed by atoms with van der Waals surface area (Å²) in [4.78, 5) is 43.5. The number of urea groups is 1. The normalized spacial score (nSPS) is 21.9. The summed E-state index contributed by atoms with van der Waals surface area (Å²) in [5.41, 5.74) is 0.437. The maximum atomic E-state index is 13.1. The number of hydrogen-bond donors (Lipinski definition) is 1. The number of benzene rings is 1. The Balaban J connectivity index is 1.79. The average Bonchev–Trinajstić information content (AvgIpc) is 2.85. The lowest BCUT2D eigenvalue weighted by molar-refractivity contribution is -0.132. The Labute approximate surface area is 178 Å². The fourth-order valence-corrected chi connectivity index (χ4v) is 4.37. The van der Waals surface area contributed by atoms with Crippen LogP contribution in [0.5, 0.6) is 5.75 Å². The average molecular weight is 417 g/mol. The van der Waals surface area contributed by atoms with E-state index in [0.29, 0.717) is 44.9 Å². The van der Waals surface area contributed by atoms with Crippen LogP contribution in [-0.2, 0) is 16.0 Å². The summed E-state index contributed by atoms with van der Waals surface area (Å²) >= 11 is 0. The van der Waals surface area contributed by atoms with Crippen LogP contribution < -0.4 is 10.1 Å². The molecule has 0 aromatic heterocycles. The van der Waals surface area contributed by atoms with Crippen molar-refractivity contribution >= 4 is 17.8 Å². The fraction of sp³-hybridized carbons (Fsp3) is 0.591. The van der Waals surface area contributed by atoms with Crippen molar-refractivity contribution in [1.29, 1.82) is 0 Å². The maximum Gasteiger partial charge on any atom is 0.317 e. The van der Waals surface area contributed by atoms with Crippen molar-refractivity contribution in [3.05, 3.63) is 29.8 Å². The number of methoxy groups -OCH3 is 1. The van der Waals surface area contributed by atoms with Gasteiger partial charge >= 0.3 is 6.03 Å². The van der Waals surface area contributed by atoms with E-state index >= 15 is 0 Å². The molecule has 3 rings (SSSR count). The number of nitrogens with zero attached hydrogens (tertiary/aromatic N) is 3. The molecule has 2 fully saturated rings.